The highest BCUT2D eigenvalue weighted by molar-refractivity contribution is 7.91. The fraction of sp³-hybridized carbons (Fsp3) is 0.538. The number of phenols is 1. The van der Waals surface area contributed by atoms with Crippen LogP contribution in [0.25, 0.3) is 0 Å². The fourth-order valence-electron chi connectivity index (χ4n) is 2.94. The molecule has 19 heavy (non-hydrogen) atoms. The number of piperazine rings is 1. The summed E-state index contributed by atoms with van der Waals surface area (Å²) in [4.78, 5) is 2.68. The van der Waals surface area contributed by atoms with Gasteiger partial charge in [-0.3, -0.25) is 0 Å². The van der Waals surface area contributed by atoms with Crippen molar-refractivity contribution < 1.29 is 13.5 Å². The number of nitrogens with zero attached hydrogens (tertiary/aromatic N) is 1. The van der Waals surface area contributed by atoms with Crippen molar-refractivity contribution >= 4 is 9.84 Å². The predicted octanol–water partition coefficient (Wildman–Crippen LogP) is 0.168. The molecule has 6 heteroatoms. The lowest BCUT2D eigenvalue weighted by Crippen LogP contribution is -2.45. The zero-order valence-electron chi connectivity index (χ0n) is 10.7. The van der Waals surface area contributed by atoms with E-state index in [1.165, 1.54) is 12.1 Å². The van der Waals surface area contributed by atoms with Gasteiger partial charge in [-0.25, -0.2) is 8.42 Å². The zero-order chi connectivity index (χ0) is 13.5. The molecule has 1 saturated heterocycles. The number of nitrogens with one attached hydrogen (secondary N) is 1. The molecule has 0 saturated carbocycles. The van der Waals surface area contributed by atoms with Gasteiger partial charge >= 0.3 is 0 Å². The van der Waals surface area contributed by atoms with Crippen molar-refractivity contribution in [2.75, 3.05) is 38.5 Å². The Labute approximate surface area is 113 Å². The standard InChI is InChI=1S/C13H18N2O3S/c16-11-1-2-13-12(7-11)10(9-19(13,17)18)8-15-5-3-14-4-6-15/h1-2,7,10,14,16H,3-6,8-9H2. The minimum absolute atomic E-state index is 0.0230. The molecule has 104 valence electrons. The molecule has 1 atom stereocenters. The second kappa shape index (κ2) is 4.77. The molecule has 0 aromatic heterocycles. The van der Waals surface area contributed by atoms with Gasteiger partial charge in [-0.2, -0.15) is 0 Å². The topological polar surface area (TPSA) is 69.6 Å². The van der Waals surface area contributed by atoms with Crippen LogP contribution in [-0.4, -0.2) is 56.9 Å². The summed E-state index contributed by atoms with van der Waals surface area (Å²) in [5, 5.41) is 12.9. The molecule has 0 spiro atoms. The summed E-state index contributed by atoms with van der Waals surface area (Å²) >= 11 is 0. The van der Waals surface area contributed by atoms with Crippen molar-refractivity contribution in [1.29, 1.82) is 0 Å². The van der Waals surface area contributed by atoms with Crippen molar-refractivity contribution in [3.05, 3.63) is 23.8 Å². The van der Waals surface area contributed by atoms with E-state index < -0.39 is 9.84 Å². The first kappa shape index (κ1) is 12.9. The second-order valence-electron chi connectivity index (χ2n) is 5.25. The van der Waals surface area contributed by atoms with Crippen molar-refractivity contribution in [2.24, 2.45) is 0 Å². The number of rotatable bonds is 2. The molecule has 2 heterocycles. The van der Waals surface area contributed by atoms with Crippen LogP contribution >= 0.6 is 0 Å². The third-order valence-electron chi connectivity index (χ3n) is 3.88. The van der Waals surface area contributed by atoms with Crippen molar-refractivity contribution in [1.82, 2.24) is 10.2 Å². The maximum atomic E-state index is 12.1. The Kier molecular flexibility index (Phi) is 3.24. The van der Waals surface area contributed by atoms with E-state index in [9.17, 15) is 13.5 Å². The number of fused-ring (bicyclic) bond motifs is 1. The quantitative estimate of drug-likeness (QED) is 0.809. The number of hydrogen-bond donors (Lipinski definition) is 2. The molecule has 2 aliphatic heterocycles. The van der Waals surface area contributed by atoms with E-state index in [0.717, 1.165) is 38.3 Å². The van der Waals surface area contributed by atoms with Gasteiger partial charge < -0.3 is 15.3 Å². The predicted molar refractivity (Wildman–Crippen MR) is 72.2 cm³/mol. The van der Waals surface area contributed by atoms with Gasteiger partial charge in [-0.05, 0) is 23.8 Å². The first-order valence-corrected chi connectivity index (χ1v) is 8.20. The largest absolute Gasteiger partial charge is 0.508 e. The van der Waals surface area contributed by atoms with Crippen LogP contribution in [0.3, 0.4) is 0 Å². The van der Waals surface area contributed by atoms with Crippen molar-refractivity contribution in [2.45, 2.75) is 10.8 Å². The summed E-state index contributed by atoms with van der Waals surface area (Å²) in [6.45, 7) is 4.55. The molecule has 2 aliphatic rings. The van der Waals surface area contributed by atoms with Crippen molar-refractivity contribution in [3.8, 4) is 5.75 Å². The molecule has 5 nitrogen and oxygen atoms in total. The van der Waals surface area contributed by atoms with E-state index >= 15 is 0 Å². The summed E-state index contributed by atoms with van der Waals surface area (Å²) in [5.41, 5.74) is 0.776. The normalized spacial score (nSPS) is 26.2. The van der Waals surface area contributed by atoms with Gasteiger partial charge in [-0.1, -0.05) is 0 Å². The van der Waals surface area contributed by atoms with E-state index in [1.54, 1.807) is 6.07 Å². The summed E-state index contributed by atoms with van der Waals surface area (Å²) in [5.74, 6) is 0.279. The van der Waals surface area contributed by atoms with Crippen LogP contribution in [0.4, 0.5) is 0 Å². The van der Waals surface area contributed by atoms with Crippen LogP contribution < -0.4 is 5.32 Å². The lowest BCUT2D eigenvalue weighted by atomic mass is 10.00. The first-order valence-electron chi connectivity index (χ1n) is 6.55. The monoisotopic (exact) mass is 282 g/mol. The van der Waals surface area contributed by atoms with Gasteiger partial charge in [0.15, 0.2) is 9.84 Å². The highest BCUT2D eigenvalue weighted by Crippen LogP contribution is 2.37. The molecule has 3 rings (SSSR count). The Hall–Kier alpha value is -1.11. The highest BCUT2D eigenvalue weighted by Gasteiger charge is 2.35. The van der Waals surface area contributed by atoms with Crippen LogP contribution in [0.15, 0.2) is 23.1 Å². The van der Waals surface area contributed by atoms with Gasteiger partial charge in [0.05, 0.1) is 10.6 Å². The molecular formula is C13H18N2O3S. The molecule has 1 unspecified atom stereocenters. The summed E-state index contributed by atoms with van der Waals surface area (Å²) in [7, 11) is -3.18. The summed E-state index contributed by atoms with van der Waals surface area (Å²) in [6.07, 6.45) is 0. The number of sulfone groups is 1. The highest BCUT2D eigenvalue weighted by atomic mass is 32.2. The Balaban J connectivity index is 1.86. The molecule has 2 N–H and O–H groups in total. The number of benzene rings is 1. The molecular weight excluding hydrogens is 264 g/mol. The second-order valence-corrected chi connectivity index (χ2v) is 7.25. The third-order valence-corrected chi connectivity index (χ3v) is 5.76. The Morgan fingerprint density at radius 2 is 2.05 bits per heavy atom. The smallest absolute Gasteiger partial charge is 0.179 e. The molecule has 0 amide bonds. The van der Waals surface area contributed by atoms with Crippen LogP contribution in [0.2, 0.25) is 0 Å². The van der Waals surface area contributed by atoms with Gasteiger partial charge in [0.1, 0.15) is 5.75 Å². The molecule has 0 bridgehead atoms. The van der Waals surface area contributed by atoms with Crippen LogP contribution in [0.1, 0.15) is 11.5 Å². The number of aromatic hydroxyl groups is 1. The minimum Gasteiger partial charge on any atom is -0.508 e. The first-order chi connectivity index (χ1) is 9.06. The molecule has 1 fully saturated rings. The third kappa shape index (κ3) is 2.48. The Morgan fingerprint density at radius 1 is 1.32 bits per heavy atom. The minimum atomic E-state index is -3.18. The fourth-order valence-corrected chi connectivity index (χ4v) is 4.79. The number of hydrogen-bond acceptors (Lipinski definition) is 5. The molecule has 0 radical (unpaired) electrons. The van der Waals surface area contributed by atoms with Gasteiger partial charge in [0.2, 0.25) is 0 Å². The van der Waals surface area contributed by atoms with Crippen LogP contribution in [0, 0.1) is 0 Å². The van der Waals surface area contributed by atoms with E-state index in [1.807, 2.05) is 0 Å². The van der Waals surface area contributed by atoms with Crippen molar-refractivity contribution in [3.63, 3.8) is 0 Å². The molecule has 1 aromatic carbocycles. The van der Waals surface area contributed by atoms with E-state index in [0.29, 0.717) is 4.90 Å². The molecule has 1 aromatic rings. The lowest BCUT2D eigenvalue weighted by molar-refractivity contribution is 0.231. The maximum absolute atomic E-state index is 12.1. The van der Waals surface area contributed by atoms with Gasteiger partial charge in [-0.15, -0.1) is 0 Å². The van der Waals surface area contributed by atoms with Gasteiger partial charge in [0.25, 0.3) is 0 Å². The summed E-state index contributed by atoms with van der Waals surface area (Å²) in [6, 6.07) is 4.58. The average Bonchev–Trinajstić information content (AvgIpc) is 2.62. The Morgan fingerprint density at radius 3 is 2.79 bits per heavy atom. The van der Waals surface area contributed by atoms with E-state index in [-0.39, 0.29) is 17.4 Å². The average molecular weight is 282 g/mol. The zero-order valence-corrected chi connectivity index (χ0v) is 11.5. The molecule has 0 aliphatic carbocycles. The lowest BCUT2D eigenvalue weighted by Gasteiger charge is -2.29. The van der Waals surface area contributed by atoms with Crippen LogP contribution in [-0.2, 0) is 9.84 Å². The van der Waals surface area contributed by atoms with Gasteiger partial charge in [0, 0.05) is 38.6 Å². The Bertz CT molecular complexity index is 580. The van der Waals surface area contributed by atoms with Crippen LogP contribution in [0.5, 0.6) is 5.75 Å². The maximum Gasteiger partial charge on any atom is 0.179 e. The van der Waals surface area contributed by atoms with E-state index in [4.69, 9.17) is 0 Å². The van der Waals surface area contributed by atoms with E-state index in [2.05, 4.69) is 10.2 Å². The summed E-state index contributed by atoms with van der Waals surface area (Å²) < 4.78 is 24.2. The number of phenolic OH excluding ortho intramolecular Hbond substituents is 1. The SMILES string of the molecule is O=S1(=O)CC(CN2CCNCC2)c2cc(O)ccc21.